The minimum Gasteiger partial charge on any atom is -0.503 e. The van der Waals surface area contributed by atoms with Gasteiger partial charge in [0, 0.05) is 13.1 Å². The summed E-state index contributed by atoms with van der Waals surface area (Å²) in [5.74, 6) is -1.95. The van der Waals surface area contributed by atoms with Crippen LogP contribution >= 0.6 is 0 Å². The van der Waals surface area contributed by atoms with Gasteiger partial charge in [-0.25, -0.2) is 4.39 Å². The Kier molecular flexibility index (Phi) is 5.72. The highest BCUT2D eigenvalue weighted by atomic mass is 19.1. The number of aliphatic hydroxyl groups is 1. The van der Waals surface area contributed by atoms with E-state index in [4.69, 9.17) is 0 Å². The number of carbonyl (C=O) groups excluding carboxylic acids is 2. The van der Waals surface area contributed by atoms with Gasteiger partial charge in [-0.2, -0.15) is 0 Å². The number of likely N-dealkylation sites (N-methyl/N-ethyl adjacent to an activating group) is 1. The maximum atomic E-state index is 13.6. The SMILES string of the molecule is CCN(CC)CCN1C(=O)C(O)=C(C(C)=O)[C@@H]1c1cccc(F)c1. The molecule has 0 unspecified atom stereocenters. The Morgan fingerprint density at radius 1 is 1.33 bits per heavy atom. The van der Waals surface area contributed by atoms with Crippen molar-refractivity contribution >= 4 is 11.7 Å². The highest BCUT2D eigenvalue weighted by molar-refractivity contribution is 6.08. The van der Waals surface area contributed by atoms with Crippen LogP contribution in [-0.2, 0) is 9.59 Å². The summed E-state index contributed by atoms with van der Waals surface area (Å²) in [5, 5.41) is 10.1. The highest BCUT2D eigenvalue weighted by Crippen LogP contribution is 2.37. The Morgan fingerprint density at radius 2 is 2.00 bits per heavy atom. The van der Waals surface area contributed by atoms with Gasteiger partial charge in [-0.3, -0.25) is 9.59 Å². The van der Waals surface area contributed by atoms with Crippen LogP contribution < -0.4 is 0 Å². The number of hydrogen-bond donors (Lipinski definition) is 1. The lowest BCUT2D eigenvalue weighted by Crippen LogP contribution is -2.38. The van der Waals surface area contributed by atoms with Crippen LogP contribution in [0.1, 0.15) is 32.4 Å². The highest BCUT2D eigenvalue weighted by Gasteiger charge is 2.42. The second-order valence-electron chi connectivity index (χ2n) is 5.80. The standard InChI is InChI=1S/C18H23FN2O3/c1-4-20(5-2)9-10-21-16(13-7-6-8-14(19)11-13)15(12(3)22)17(23)18(21)24/h6-8,11,16,23H,4-5,9-10H2,1-3H3/t16-/m0/s1. The molecule has 1 aromatic rings. The van der Waals surface area contributed by atoms with Gasteiger partial charge in [-0.15, -0.1) is 0 Å². The molecule has 0 spiro atoms. The second-order valence-corrected chi connectivity index (χ2v) is 5.80. The molecule has 0 radical (unpaired) electrons. The molecular formula is C18H23FN2O3. The minimum atomic E-state index is -0.749. The smallest absolute Gasteiger partial charge is 0.290 e. The van der Waals surface area contributed by atoms with Crippen LogP contribution in [0.4, 0.5) is 4.39 Å². The zero-order chi connectivity index (χ0) is 17.9. The minimum absolute atomic E-state index is 0.0325. The predicted molar refractivity (Wildman–Crippen MR) is 89.0 cm³/mol. The van der Waals surface area contributed by atoms with Gasteiger partial charge < -0.3 is 14.9 Å². The first kappa shape index (κ1) is 18.1. The molecule has 1 aliphatic heterocycles. The van der Waals surface area contributed by atoms with Crippen LogP contribution in [-0.4, -0.2) is 52.8 Å². The summed E-state index contributed by atoms with van der Waals surface area (Å²) in [6, 6.07) is 5.04. The van der Waals surface area contributed by atoms with Crippen molar-refractivity contribution in [3.05, 3.63) is 47.0 Å². The first-order chi connectivity index (χ1) is 11.4. The van der Waals surface area contributed by atoms with E-state index in [1.165, 1.54) is 30.0 Å². The number of hydrogen-bond acceptors (Lipinski definition) is 4. The van der Waals surface area contributed by atoms with Gasteiger partial charge in [0.1, 0.15) is 5.82 Å². The van der Waals surface area contributed by atoms with Crippen molar-refractivity contribution in [2.75, 3.05) is 26.2 Å². The Morgan fingerprint density at radius 3 is 2.54 bits per heavy atom. The first-order valence-corrected chi connectivity index (χ1v) is 8.13. The fourth-order valence-electron chi connectivity index (χ4n) is 3.06. The number of amides is 1. The van der Waals surface area contributed by atoms with Crippen LogP contribution in [0, 0.1) is 5.82 Å². The molecule has 0 bridgehead atoms. The lowest BCUT2D eigenvalue weighted by atomic mass is 9.96. The molecular weight excluding hydrogens is 311 g/mol. The summed E-state index contributed by atoms with van der Waals surface area (Å²) in [6.45, 7) is 7.99. The number of aliphatic hydroxyl groups excluding tert-OH is 1. The summed E-state index contributed by atoms with van der Waals surface area (Å²) in [6.07, 6.45) is 0. The van der Waals surface area contributed by atoms with E-state index in [9.17, 15) is 19.1 Å². The van der Waals surface area contributed by atoms with E-state index in [1.54, 1.807) is 6.07 Å². The van der Waals surface area contributed by atoms with Crippen molar-refractivity contribution in [1.82, 2.24) is 9.80 Å². The predicted octanol–water partition coefficient (Wildman–Crippen LogP) is 2.45. The van der Waals surface area contributed by atoms with Gasteiger partial charge >= 0.3 is 0 Å². The number of rotatable bonds is 7. The van der Waals surface area contributed by atoms with Gasteiger partial charge in [-0.05, 0) is 37.7 Å². The second kappa shape index (κ2) is 7.57. The molecule has 6 heteroatoms. The monoisotopic (exact) mass is 334 g/mol. The van der Waals surface area contributed by atoms with Crippen molar-refractivity contribution in [2.24, 2.45) is 0 Å². The molecule has 24 heavy (non-hydrogen) atoms. The number of halogens is 1. The molecule has 0 saturated carbocycles. The molecule has 1 amide bonds. The average Bonchev–Trinajstić information content (AvgIpc) is 2.80. The molecule has 1 N–H and O–H groups in total. The normalized spacial score (nSPS) is 18.0. The summed E-state index contributed by atoms with van der Waals surface area (Å²) < 4.78 is 13.6. The Hall–Kier alpha value is -2.21. The molecule has 2 rings (SSSR count). The van der Waals surface area contributed by atoms with Crippen molar-refractivity contribution < 1.29 is 19.1 Å². The zero-order valence-electron chi connectivity index (χ0n) is 14.3. The topological polar surface area (TPSA) is 60.9 Å². The summed E-state index contributed by atoms with van der Waals surface area (Å²) in [7, 11) is 0. The zero-order valence-corrected chi connectivity index (χ0v) is 14.3. The number of nitrogens with zero attached hydrogens (tertiary/aromatic N) is 2. The molecule has 0 fully saturated rings. The quantitative estimate of drug-likeness (QED) is 0.832. The Balaban J connectivity index is 2.38. The van der Waals surface area contributed by atoms with E-state index in [-0.39, 0.29) is 11.4 Å². The van der Waals surface area contributed by atoms with E-state index in [2.05, 4.69) is 4.90 Å². The Labute approximate surface area is 141 Å². The summed E-state index contributed by atoms with van der Waals surface area (Å²) >= 11 is 0. The largest absolute Gasteiger partial charge is 0.503 e. The molecule has 0 saturated heterocycles. The lowest BCUT2D eigenvalue weighted by Gasteiger charge is -2.29. The number of ketones is 1. The van der Waals surface area contributed by atoms with Gasteiger partial charge in [0.25, 0.3) is 5.91 Å². The van der Waals surface area contributed by atoms with Crippen molar-refractivity contribution in [2.45, 2.75) is 26.8 Å². The number of benzene rings is 1. The maximum absolute atomic E-state index is 13.6. The molecule has 0 aliphatic carbocycles. The summed E-state index contributed by atoms with van der Waals surface area (Å²) in [4.78, 5) is 28.0. The maximum Gasteiger partial charge on any atom is 0.290 e. The van der Waals surface area contributed by atoms with Gasteiger partial charge in [0.2, 0.25) is 0 Å². The molecule has 130 valence electrons. The molecule has 1 aliphatic rings. The van der Waals surface area contributed by atoms with Crippen LogP contribution in [0.2, 0.25) is 0 Å². The van der Waals surface area contributed by atoms with Crippen LogP contribution in [0.3, 0.4) is 0 Å². The van der Waals surface area contributed by atoms with E-state index < -0.39 is 23.5 Å². The third-order valence-corrected chi connectivity index (χ3v) is 4.40. The van der Waals surface area contributed by atoms with Crippen LogP contribution in [0.25, 0.3) is 0 Å². The van der Waals surface area contributed by atoms with E-state index in [0.717, 1.165) is 13.1 Å². The van der Waals surface area contributed by atoms with E-state index in [0.29, 0.717) is 18.7 Å². The molecule has 1 heterocycles. The van der Waals surface area contributed by atoms with Crippen molar-refractivity contribution in [3.63, 3.8) is 0 Å². The average molecular weight is 334 g/mol. The van der Waals surface area contributed by atoms with E-state index in [1.807, 2.05) is 13.8 Å². The van der Waals surface area contributed by atoms with Gasteiger partial charge in [0.05, 0.1) is 11.6 Å². The fraction of sp³-hybridized carbons (Fsp3) is 0.444. The molecule has 1 atom stereocenters. The third kappa shape index (κ3) is 3.48. The van der Waals surface area contributed by atoms with Gasteiger partial charge in [0.15, 0.2) is 11.5 Å². The van der Waals surface area contributed by atoms with Gasteiger partial charge in [-0.1, -0.05) is 26.0 Å². The number of Topliss-reactive ketones (excluding diaryl/α,β-unsaturated/α-hetero) is 1. The molecule has 5 nitrogen and oxygen atoms in total. The third-order valence-electron chi connectivity index (χ3n) is 4.40. The summed E-state index contributed by atoms with van der Waals surface area (Å²) in [5.41, 5.74) is 0.516. The lowest BCUT2D eigenvalue weighted by molar-refractivity contribution is -0.129. The fourth-order valence-corrected chi connectivity index (χ4v) is 3.06. The molecule has 0 aromatic heterocycles. The first-order valence-electron chi connectivity index (χ1n) is 8.13. The van der Waals surface area contributed by atoms with E-state index >= 15 is 0 Å². The van der Waals surface area contributed by atoms with Crippen LogP contribution in [0.15, 0.2) is 35.6 Å². The van der Waals surface area contributed by atoms with Crippen LogP contribution in [0.5, 0.6) is 0 Å². The molecule has 1 aromatic carbocycles. The van der Waals surface area contributed by atoms with Crippen molar-refractivity contribution in [1.29, 1.82) is 0 Å². The Bertz CT molecular complexity index is 668. The van der Waals surface area contributed by atoms with Crippen molar-refractivity contribution in [3.8, 4) is 0 Å². The number of carbonyl (C=O) groups is 2.